The van der Waals surface area contributed by atoms with Gasteiger partial charge in [0.15, 0.2) is 5.82 Å². The number of aromatic nitrogens is 3. The third-order valence-electron chi connectivity index (χ3n) is 6.52. The first kappa shape index (κ1) is 25.0. The van der Waals surface area contributed by atoms with Crippen molar-refractivity contribution in [1.29, 1.82) is 0 Å². The molecule has 11 heteroatoms. The lowest BCUT2D eigenvalue weighted by Crippen LogP contribution is -2.50. The second-order valence-electron chi connectivity index (χ2n) is 9.06. The summed E-state index contributed by atoms with van der Waals surface area (Å²) in [5, 5.41) is 19.4. The van der Waals surface area contributed by atoms with Crippen molar-refractivity contribution in [3.63, 3.8) is 0 Å². The van der Waals surface area contributed by atoms with Crippen LogP contribution in [-0.2, 0) is 17.8 Å². The molecule has 2 aromatic heterocycles. The van der Waals surface area contributed by atoms with E-state index in [2.05, 4.69) is 20.5 Å². The van der Waals surface area contributed by atoms with Gasteiger partial charge >= 0.3 is 5.97 Å². The maximum absolute atomic E-state index is 14.7. The molecule has 0 unspecified atom stereocenters. The standard InChI is InChI=1S/C24H25ClF3N5O2/c1-13-9-20(32-31-13)30-19-6-5-16(26)18(29-19)11-24(23(34)35)7-8-33(14(2)10-24)12-15-3-4-17(27)21(25)22(15)28/h3-6,9,14H,7-8,10-12H2,1-2H3,(H,34,35)(H2,29,30,31,32)/t14-,24-/m1/s1. The van der Waals surface area contributed by atoms with Crippen molar-refractivity contribution in [3.8, 4) is 0 Å². The van der Waals surface area contributed by atoms with Gasteiger partial charge in [0.2, 0.25) is 0 Å². The van der Waals surface area contributed by atoms with Crippen LogP contribution in [0, 0.1) is 29.8 Å². The number of hydrogen-bond donors (Lipinski definition) is 3. The van der Waals surface area contributed by atoms with Crippen molar-refractivity contribution in [2.45, 2.75) is 45.7 Å². The van der Waals surface area contributed by atoms with Gasteiger partial charge in [-0.15, -0.1) is 0 Å². The molecule has 1 aliphatic heterocycles. The van der Waals surface area contributed by atoms with E-state index in [0.29, 0.717) is 18.2 Å². The molecule has 1 fully saturated rings. The molecule has 35 heavy (non-hydrogen) atoms. The number of nitrogens with zero attached hydrogens (tertiary/aromatic N) is 3. The first-order chi connectivity index (χ1) is 16.6. The highest BCUT2D eigenvalue weighted by atomic mass is 35.5. The molecule has 186 valence electrons. The number of likely N-dealkylation sites (tertiary alicyclic amines) is 1. The Morgan fingerprint density at radius 2 is 2.00 bits per heavy atom. The number of nitrogens with one attached hydrogen (secondary N) is 2. The van der Waals surface area contributed by atoms with Gasteiger partial charge < -0.3 is 10.4 Å². The van der Waals surface area contributed by atoms with Crippen molar-refractivity contribution in [2.75, 3.05) is 11.9 Å². The van der Waals surface area contributed by atoms with Gasteiger partial charge in [0.05, 0.1) is 11.1 Å². The maximum Gasteiger partial charge on any atom is 0.310 e. The van der Waals surface area contributed by atoms with E-state index < -0.39 is 33.9 Å². The van der Waals surface area contributed by atoms with Crippen molar-refractivity contribution < 1.29 is 23.1 Å². The lowest BCUT2D eigenvalue weighted by molar-refractivity contribution is -0.153. The summed E-state index contributed by atoms with van der Waals surface area (Å²) in [6.45, 7) is 4.15. The van der Waals surface area contributed by atoms with Crippen LogP contribution in [0.5, 0.6) is 0 Å². The average Bonchev–Trinajstić information content (AvgIpc) is 3.22. The Morgan fingerprint density at radius 3 is 2.66 bits per heavy atom. The first-order valence-corrected chi connectivity index (χ1v) is 11.5. The average molecular weight is 508 g/mol. The van der Waals surface area contributed by atoms with Gasteiger partial charge in [-0.1, -0.05) is 17.7 Å². The summed E-state index contributed by atoms with van der Waals surface area (Å²) < 4.78 is 42.6. The van der Waals surface area contributed by atoms with Crippen molar-refractivity contribution in [3.05, 3.63) is 69.8 Å². The fourth-order valence-electron chi connectivity index (χ4n) is 4.56. The van der Waals surface area contributed by atoms with E-state index in [1.165, 1.54) is 18.2 Å². The Morgan fingerprint density at radius 1 is 1.26 bits per heavy atom. The molecular weight excluding hydrogens is 483 g/mol. The van der Waals surface area contributed by atoms with Crippen molar-refractivity contribution in [2.24, 2.45) is 5.41 Å². The van der Waals surface area contributed by atoms with Crippen LogP contribution in [-0.4, -0.2) is 43.7 Å². The monoisotopic (exact) mass is 507 g/mol. The Bertz CT molecular complexity index is 1250. The number of aliphatic carboxylic acids is 1. The zero-order valence-corrected chi connectivity index (χ0v) is 20.0. The number of aryl methyl sites for hydroxylation is 1. The number of carbonyl (C=O) groups is 1. The lowest BCUT2D eigenvalue weighted by atomic mass is 9.72. The molecule has 0 spiro atoms. The summed E-state index contributed by atoms with van der Waals surface area (Å²) in [4.78, 5) is 18.6. The summed E-state index contributed by atoms with van der Waals surface area (Å²) in [6.07, 6.45) is 0.314. The summed E-state index contributed by atoms with van der Waals surface area (Å²) in [7, 11) is 0. The van der Waals surface area contributed by atoms with Crippen LogP contribution in [0.4, 0.5) is 24.8 Å². The third-order valence-corrected chi connectivity index (χ3v) is 6.86. The Balaban J connectivity index is 1.52. The van der Waals surface area contributed by atoms with Crippen molar-refractivity contribution in [1.82, 2.24) is 20.1 Å². The van der Waals surface area contributed by atoms with Crippen LogP contribution in [0.2, 0.25) is 5.02 Å². The van der Waals surface area contributed by atoms with Gasteiger partial charge in [-0.2, -0.15) is 5.10 Å². The van der Waals surface area contributed by atoms with Gasteiger partial charge in [-0.3, -0.25) is 14.8 Å². The van der Waals surface area contributed by atoms with Crippen LogP contribution in [0.15, 0.2) is 30.3 Å². The minimum atomic E-state index is -1.25. The SMILES string of the molecule is Cc1cc(Nc2ccc(F)c(C[C@@]3(C(=O)O)CCN(Cc4ccc(F)c(Cl)c4F)[C@H](C)C3)n2)n[nH]1. The number of rotatable bonds is 7. The number of aromatic amines is 1. The molecule has 3 N–H and O–H groups in total. The van der Waals surface area contributed by atoms with Crippen LogP contribution < -0.4 is 5.32 Å². The molecular formula is C24H25ClF3N5O2. The van der Waals surface area contributed by atoms with Gasteiger partial charge in [-0.05, 0) is 51.4 Å². The smallest absolute Gasteiger partial charge is 0.310 e. The van der Waals surface area contributed by atoms with Gasteiger partial charge in [0.1, 0.15) is 28.3 Å². The molecule has 3 aromatic rings. The predicted octanol–water partition coefficient (Wildman–Crippen LogP) is 5.23. The van der Waals surface area contributed by atoms with E-state index in [9.17, 15) is 23.1 Å². The molecule has 4 rings (SSSR count). The topological polar surface area (TPSA) is 94.1 Å². The van der Waals surface area contributed by atoms with Crippen LogP contribution in [0.1, 0.15) is 36.7 Å². The van der Waals surface area contributed by atoms with E-state index in [-0.39, 0.29) is 43.1 Å². The number of carboxylic acids is 1. The largest absolute Gasteiger partial charge is 0.481 e. The maximum atomic E-state index is 14.7. The van der Waals surface area contributed by atoms with Crippen molar-refractivity contribution >= 4 is 29.2 Å². The molecule has 0 radical (unpaired) electrons. The fraction of sp³-hybridized carbons (Fsp3) is 0.375. The molecule has 0 aliphatic carbocycles. The van der Waals surface area contributed by atoms with E-state index in [4.69, 9.17) is 11.6 Å². The highest BCUT2D eigenvalue weighted by Gasteiger charge is 2.45. The van der Waals surface area contributed by atoms with Gasteiger partial charge in [0.25, 0.3) is 0 Å². The number of piperidine rings is 1. The Kier molecular flexibility index (Phi) is 7.05. The highest BCUT2D eigenvalue weighted by Crippen LogP contribution is 2.39. The minimum absolute atomic E-state index is 0.0432. The molecule has 1 saturated heterocycles. The number of H-pyrrole nitrogens is 1. The van der Waals surface area contributed by atoms with E-state index in [1.54, 1.807) is 6.07 Å². The van der Waals surface area contributed by atoms with Gasteiger partial charge in [0, 0.05) is 36.3 Å². The van der Waals surface area contributed by atoms with E-state index in [0.717, 1.165) is 11.8 Å². The molecule has 0 saturated carbocycles. The lowest BCUT2D eigenvalue weighted by Gasteiger charge is -2.43. The quantitative estimate of drug-likeness (QED) is 0.379. The minimum Gasteiger partial charge on any atom is -0.481 e. The second kappa shape index (κ2) is 9.87. The summed E-state index contributed by atoms with van der Waals surface area (Å²) in [5.41, 5.74) is -0.138. The first-order valence-electron chi connectivity index (χ1n) is 11.1. The zero-order valence-electron chi connectivity index (χ0n) is 19.2. The third kappa shape index (κ3) is 5.28. The summed E-state index contributed by atoms with van der Waals surface area (Å²) >= 11 is 5.69. The molecule has 1 aliphatic rings. The highest BCUT2D eigenvalue weighted by molar-refractivity contribution is 6.30. The molecule has 1 aromatic carbocycles. The van der Waals surface area contributed by atoms with Crippen LogP contribution in [0.3, 0.4) is 0 Å². The Labute approximate surface area is 205 Å². The number of benzene rings is 1. The number of anilines is 2. The summed E-state index contributed by atoms with van der Waals surface area (Å²) in [6, 6.07) is 6.65. The number of carboxylic acid groups (broad SMARTS) is 1. The Hall–Kier alpha value is -3.11. The summed E-state index contributed by atoms with van der Waals surface area (Å²) in [5.74, 6) is -2.43. The molecule has 2 atom stereocenters. The number of hydrogen-bond acceptors (Lipinski definition) is 5. The van der Waals surface area contributed by atoms with Gasteiger partial charge in [-0.25, -0.2) is 18.2 Å². The van der Waals surface area contributed by atoms with E-state index >= 15 is 0 Å². The predicted molar refractivity (Wildman–Crippen MR) is 125 cm³/mol. The molecule has 0 bridgehead atoms. The van der Waals surface area contributed by atoms with Crippen LogP contribution >= 0.6 is 11.6 Å². The van der Waals surface area contributed by atoms with Crippen LogP contribution in [0.25, 0.3) is 0 Å². The number of pyridine rings is 1. The zero-order chi connectivity index (χ0) is 25.3. The second-order valence-corrected chi connectivity index (χ2v) is 9.43. The normalized spacial score (nSPS) is 20.7. The number of halogens is 4. The van der Waals surface area contributed by atoms with E-state index in [1.807, 2.05) is 18.7 Å². The fourth-order valence-corrected chi connectivity index (χ4v) is 4.74. The molecule has 0 amide bonds. The molecule has 3 heterocycles. The molecule has 7 nitrogen and oxygen atoms in total.